The summed E-state index contributed by atoms with van der Waals surface area (Å²) in [6.07, 6.45) is 5.33. The highest BCUT2D eigenvalue weighted by molar-refractivity contribution is 5.98. The Balaban J connectivity index is 1.31. The molecule has 1 amide bonds. The SMILES string of the molecule is Cc1nc(N2CCN(C(=O)c3ccc4ccccc4c3)CC2)cc(-n2ccnc2)n1. The number of aromatic nitrogens is 4. The Labute approximate surface area is 174 Å². The van der Waals surface area contributed by atoms with Gasteiger partial charge in [-0.1, -0.05) is 30.3 Å². The van der Waals surface area contributed by atoms with Gasteiger partial charge in [0.05, 0.1) is 0 Å². The Hall–Kier alpha value is -3.74. The number of nitrogens with zero attached hydrogens (tertiary/aromatic N) is 6. The minimum atomic E-state index is 0.0818. The molecule has 0 saturated carbocycles. The van der Waals surface area contributed by atoms with E-state index in [1.54, 1.807) is 12.5 Å². The highest BCUT2D eigenvalue weighted by atomic mass is 16.2. The number of benzene rings is 2. The maximum absolute atomic E-state index is 13.0. The summed E-state index contributed by atoms with van der Waals surface area (Å²) >= 11 is 0. The zero-order chi connectivity index (χ0) is 20.5. The van der Waals surface area contributed by atoms with Gasteiger partial charge in [-0.05, 0) is 29.8 Å². The van der Waals surface area contributed by atoms with Crippen molar-refractivity contribution in [3.05, 3.63) is 78.6 Å². The molecule has 5 rings (SSSR count). The molecule has 1 aliphatic heterocycles. The van der Waals surface area contributed by atoms with Crippen LogP contribution in [0.1, 0.15) is 16.2 Å². The number of carbonyl (C=O) groups excluding carboxylic acids is 1. The molecule has 30 heavy (non-hydrogen) atoms. The monoisotopic (exact) mass is 398 g/mol. The molecule has 4 aromatic rings. The third-order valence-electron chi connectivity index (χ3n) is 5.47. The molecule has 0 radical (unpaired) electrons. The number of piperazine rings is 1. The minimum absolute atomic E-state index is 0.0818. The van der Waals surface area contributed by atoms with Gasteiger partial charge in [0, 0.05) is 50.2 Å². The summed E-state index contributed by atoms with van der Waals surface area (Å²) in [6, 6.07) is 16.0. The highest BCUT2D eigenvalue weighted by Gasteiger charge is 2.23. The summed E-state index contributed by atoms with van der Waals surface area (Å²) in [5.41, 5.74) is 0.738. The number of hydrogen-bond acceptors (Lipinski definition) is 5. The zero-order valence-electron chi connectivity index (χ0n) is 16.8. The average Bonchev–Trinajstić information content (AvgIpc) is 3.33. The van der Waals surface area contributed by atoms with Crippen molar-refractivity contribution in [1.82, 2.24) is 24.4 Å². The standard InChI is InChI=1S/C23H22N6O/c1-17-25-21(15-22(26-17)29-9-8-24-16-29)27-10-12-28(13-11-27)23(30)20-7-6-18-4-2-3-5-19(18)14-20/h2-9,14-16H,10-13H2,1H3. The Morgan fingerprint density at radius 2 is 1.67 bits per heavy atom. The van der Waals surface area contributed by atoms with Crippen molar-refractivity contribution < 1.29 is 4.79 Å². The molecule has 2 aromatic heterocycles. The van der Waals surface area contributed by atoms with Crippen LogP contribution < -0.4 is 4.90 Å². The second-order valence-electron chi connectivity index (χ2n) is 7.44. The number of fused-ring (bicyclic) bond motifs is 1. The molecule has 0 atom stereocenters. The molecule has 150 valence electrons. The predicted octanol–water partition coefficient (Wildman–Crippen LogP) is 3.09. The molecular weight excluding hydrogens is 376 g/mol. The highest BCUT2D eigenvalue weighted by Crippen LogP contribution is 2.20. The molecule has 0 aliphatic carbocycles. The first-order valence-electron chi connectivity index (χ1n) is 10.0. The number of hydrogen-bond donors (Lipinski definition) is 0. The van der Waals surface area contributed by atoms with Gasteiger partial charge in [-0.15, -0.1) is 0 Å². The van der Waals surface area contributed by atoms with Gasteiger partial charge in [0.25, 0.3) is 5.91 Å². The number of imidazole rings is 1. The maximum Gasteiger partial charge on any atom is 0.253 e. The van der Waals surface area contributed by atoms with E-state index in [1.807, 2.05) is 65.1 Å². The third-order valence-corrected chi connectivity index (χ3v) is 5.47. The number of carbonyl (C=O) groups is 1. The van der Waals surface area contributed by atoms with Crippen LogP contribution in [0.3, 0.4) is 0 Å². The van der Waals surface area contributed by atoms with Crippen LogP contribution in [0.15, 0.2) is 67.3 Å². The Bertz CT molecular complexity index is 1200. The normalized spacial score (nSPS) is 14.3. The first-order valence-corrected chi connectivity index (χ1v) is 10.0. The minimum Gasteiger partial charge on any atom is -0.353 e. The first-order chi connectivity index (χ1) is 14.7. The van der Waals surface area contributed by atoms with E-state index >= 15 is 0 Å². The van der Waals surface area contributed by atoms with E-state index in [9.17, 15) is 4.79 Å². The maximum atomic E-state index is 13.0. The van der Waals surface area contributed by atoms with Crippen LogP contribution >= 0.6 is 0 Å². The van der Waals surface area contributed by atoms with E-state index < -0.39 is 0 Å². The van der Waals surface area contributed by atoms with Gasteiger partial charge in [0.15, 0.2) is 0 Å². The lowest BCUT2D eigenvalue weighted by Gasteiger charge is -2.35. The van der Waals surface area contributed by atoms with Crippen molar-refractivity contribution in [2.45, 2.75) is 6.92 Å². The number of rotatable bonds is 3. The van der Waals surface area contributed by atoms with Crippen LogP contribution in [0.5, 0.6) is 0 Å². The van der Waals surface area contributed by atoms with E-state index in [-0.39, 0.29) is 5.91 Å². The van der Waals surface area contributed by atoms with Crippen molar-refractivity contribution in [3.8, 4) is 5.82 Å². The molecule has 7 nitrogen and oxygen atoms in total. The second kappa shape index (κ2) is 7.59. The molecule has 1 aliphatic rings. The molecule has 0 unspecified atom stereocenters. The van der Waals surface area contributed by atoms with E-state index in [0.29, 0.717) is 18.9 Å². The average molecular weight is 398 g/mol. The molecule has 0 N–H and O–H groups in total. The molecular formula is C23H22N6O. The third kappa shape index (κ3) is 3.50. The summed E-state index contributed by atoms with van der Waals surface area (Å²) in [5, 5.41) is 2.23. The topological polar surface area (TPSA) is 67.2 Å². The van der Waals surface area contributed by atoms with Gasteiger partial charge in [0.1, 0.15) is 23.8 Å². The van der Waals surface area contributed by atoms with Crippen LogP contribution in [0.4, 0.5) is 5.82 Å². The van der Waals surface area contributed by atoms with E-state index in [0.717, 1.165) is 41.1 Å². The van der Waals surface area contributed by atoms with Gasteiger partial charge in [-0.25, -0.2) is 15.0 Å². The fourth-order valence-corrected chi connectivity index (χ4v) is 3.87. The summed E-state index contributed by atoms with van der Waals surface area (Å²) in [6.45, 7) is 4.69. The van der Waals surface area contributed by atoms with Crippen LogP contribution in [0.25, 0.3) is 16.6 Å². The van der Waals surface area contributed by atoms with Crippen LogP contribution in [-0.2, 0) is 0 Å². The molecule has 7 heteroatoms. The van der Waals surface area contributed by atoms with Crippen molar-refractivity contribution in [3.63, 3.8) is 0 Å². The van der Waals surface area contributed by atoms with Crippen molar-refractivity contribution in [2.75, 3.05) is 31.1 Å². The van der Waals surface area contributed by atoms with E-state index in [2.05, 4.69) is 25.9 Å². The first kappa shape index (κ1) is 18.3. The number of amides is 1. The van der Waals surface area contributed by atoms with Crippen LogP contribution in [0.2, 0.25) is 0 Å². The summed E-state index contributed by atoms with van der Waals surface area (Å²) < 4.78 is 1.87. The van der Waals surface area contributed by atoms with Crippen molar-refractivity contribution >= 4 is 22.5 Å². The largest absolute Gasteiger partial charge is 0.353 e. The Morgan fingerprint density at radius 3 is 2.43 bits per heavy atom. The molecule has 0 spiro atoms. The quantitative estimate of drug-likeness (QED) is 0.531. The Morgan fingerprint density at radius 1 is 0.900 bits per heavy atom. The summed E-state index contributed by atoms with van der Waals surface area (Å²) in [4.78, 5) is 30.4. The van der Waals surface area contributed by atoms with E-state index in [1.165, 1.54) is 0 Å². The van der Waals surface area contributed by atoms with Gasteiger partial charge >= 0.3 is 0 Å². The number of anilines is 1. The van der Waals surface area contributed by atoms with Crippen molar-refractivity contribution in [1.29, 1.82) is 0 Å². The smallest absolute Gasteiger partial charge is 0.253 e. The zero-order valence-corrected chi connectivity index (χ0v) is 16.8. The van der Waals surface area contributed by atoms with Crippen LogP contribution in [0, 0.1) is 6.92 Å². The van der Waals surface area contributed by atoms with E-state index in [4.69, 9.17) is 0 Å². The lowest BCUT2D eigenvalue weighted by atomic mass is 10.1. The van der Waals surface area contributed by atoms with Crippen LogP contribution in [-0.4, -0.2) is 56.5 Å². The molecule has 2 aromatic carbocycles. The lowest BCUT2D eigenvalue weighted by Crippen LogP contribution is -2.49. The van der Waals surface area contributed by atoms with Gasteiger partial charge in [-0.2, -0.15) is 0 Å². The lowest BCUT2D eigenvalue weighted by molar-refractivity contribution is 0.0746. The van der Waals surface area contributed by atoms with Gasteiger partial charge < -0.3 is 9.80 Å². The molecule has 1 fully saturated rings. The fourth-order valence-electron chi connectivity index (χ4n) is 3.87. The number of aryl methyl sites for hydroxylation is 1. The molecule has 3 heterocycles. The van der Waals surface area contributed by atoms with Gasteiger partial charge in [-0.3, -0.25) is 9.36 Å². The summed E-state index contributed by atoms with van der Waals surface area (Å²) in [5.74, 6) is 2.47. The molecule has 1 saturated heterocycles. The van der Waals surface area contributed by atoms with Crippen molar-refractivity contribution in [2.24, 2.45) is 0 Å². The predicted molar refractivity (Wildman–Crippen MR) is 116 cm³/mol. The summed E-state index contributed by atoms with van der Waals surface area (Å²) in [7, 11) is 0. The molecule has 0 bridgehead atoms. The van der Waals surface area contributed by atoms with Gasteiger partial charge in [0.2, 0.25) is 0 Å². The fraction of sp³-hybridized carbons (Fsp3) is 0.217. The Kier molecular flexibility index (Phi) is 4.63. The second-order valence-corrected chi connectivity index (χ2v) is 7.44.